The predicted octanol–water partition coefficient (Wildman–Crippen LogP) is 2.72. The number of hydrogen-bond donors (Lipinski definition) is 1. The quantitative estimate of drug-likeness (QED) is 0.570. The minimum atomic E-state index is -0.553. The molecule has 0 spiro atoms. The highest BCUT2D eigenvalue weighted by Crippen LogP contribution is 2.24. The van der Waals surface area contributed by atoms with Crippen LogP contribution in [0.3, 0.4) is 0 Å². The fourth-order valence-electron chi connectivity index (χ4n) is 3.02. The SMILES string of the molecule is C[C@H]1CCCC[C@H]1NC(=O)COC(=O)c1ccccc1SCC(=O)N(C)C. The fourth-order valence-corrected chi connectivity index (χ4v) is 4.04. The molecule has 0 saturated heterocycles. The van der Waals surface area contributed by atoms with E-state index in [1.54, 1.807) is 38.4 Å². The van der Waals surface area contributed by atoms with Crippen molar-refractivity contribution in [1.82, 2.24) is 10.2 Å². The van der Waals surface area contributed by atoms with E-state index in [0.29, 0.717) is 16.4 Å². The standard InChI is InChI=1S/C20H28N2O4S/c1-14-8-4-6-10-16(14)21-18(23)12-26-20(25)15-9-5-7-11-17(15)27-13-19(24)22(2)3/h5,7,9,11,14,16H,4,6,8,10,12-13H2,1-3H3,(H,21,23)/t14-,16+/m0/s1. The molecular formula is C20H28N2O4S. The van der Waals surface area contributed by atoms with Gasteiger partial charge in [0.2, 0.25) is 5.91 Å². The Balaban J connectivity index is 1.88. The van der Waals surface area contributed by atoms with Crippen LogP contribution in [0.5, 0.6) is 0 Å². The molecule has 1 fully saturated rings. The number of thioether (sulfide) groups is 1. The molecule has 1 aliphatic carbocycles. The third-order valence-corrected chi connectivity index (χ3v) is 5.81. The van der Waals surface area contributed by atoms with E-state index in [9.17, 15) is 14.4 Å². The summed E-state index contributed by atoms with van der Waals surface area (Å²) in [4.78, 5) is 38.5. The molecule has 0 unspecified atom stereocenters. The van der Waals surface area contributed by atoms with Crippen molar-refractivity contribution in [2.75, 3.05) is 26.5 Å². The lowest BCUT2D eigenvalue weighted by atomic mass is 9.86. The summed E-state index contributed by atoms with van der Waals surface area (Å²) in [6, 6.07) is 7.11. The van der Waals surface area contributed by atoms with Gasteiger partial charge in [-0.15, -0.1) is 11.8 Å². The Bertz CT molecular complexity index is 678. The van der Waals surface area contributed by atoms with Crippen molar-refractivity contribution in [1.29, 1.82) is 0 Å². The highest BCUT2D eigenvalue weighted by Gasteiger charge is 2.23. The molecule has 1 N–H and O–H groups in total. The number of hydrogen-bond acceptors (Lipinski definition) is 5. The topological polar surface area (TPSA) is 75.7 Å². The molecule has 1 aromatic rings. The van der Waals surface area contributed by atoms with Gasteiger partial charge in [-0.1, -0.05) is 31.9 Å². The van der Waals surface area contributed by atoms with Gasteiger partial charge in [-0.2, -0.15) is 0 Å². The lowest BCUT2D eigenvalue weighted by Gasteiger charge is -2.29. The molecule has 1 aliphatic rings. The van der Waals surface area contributed by atoms with Crippen LogP contribution in [0.25, 0.3) is 0 Å². The molecule has 7 heteroatoms. The van der Waals surface area contributed by atoms with Gasteiger partial charge in [-0.25, -0.2) is 4.79 Å². The molecule has 0 aromatic heterocycles. The van der Waals surface area contributed by atoms with Crippen LogP contribution in [0.2, 0.25) is 0 Å². The summed E-state index contributed by atoms with van der Waals surface area (Å²) in [5, 5.41) is 2.97. The molecule has 6 nitrogen and oxygen atoms in total. The van der Waals surface area contributed by atoms with Crippen molar-refractivity contribution in [3.05, 3.63) is 29.8 Å². The maximum Gasteiger partial charge on any atom is 0.339 e. The van der Waals surface area contributed by atoms with Crippen molar-refractivity contribution in [2.45, 2.75) is 43.5 Å². The Morgan fingerprint density at radius 1 is 1.19 bits per heavy atom. The summed E-state index contributed by atoms with van der Waals surface area (Å²) in [6.45, 7) is 1.84. The lowest BCUT2D eigenvalue weighted by molar-refractivity contribution is -0.126. The van der Waals surface area contributed by atoms with E-state index in [0.717, 1.165) is 19.3 Å². The number of esters is 1. The van der Waals surface area contributed by atoms with Crippen molar-refractivity contribution in [3.63, 3.8) is 0 Å². The zero-order valence-corrected chi connectivity index (χ0v) is 17.0. The summed E-state index contributed by atoms with van der Waals surface area (Å²) in [7, 11) is 3.38. The number of rotatable bonds is 7. The first-order valence-corrected chi connectivity index (χ1v) is 10.3. The van der Waals surface area contributed by atoms with Gasteiger partial charge < -0.3 is 15.0 Å². The molecule has 0 aliphatic heterocycles. The second kappa shape index (κ2) is 10.3. The van der Waals surface area contributed by atoms with Crippen LogP contribution in [-0.2, 0) is 14.3 Å². The molecule has 0 bridgehead atoms. The maximum atomic E-state index is 12.4. The van der Waals surface area contributed by atoms with Gasteiger partial charge in [-0.3, -0.25) is 9.59 Å². The van der Waals surface area contributed by atoms with E-state index >= 15 is 0 Å². The van der Waals surface area contributed by atoms with Gasteiger partial charge in [0, 0.05) is 25.0 Å². The van der Waals surface area contributed by atoms with Crippen molar-refractivity contribution >= 4 is 29.5 Å². The van der Waals surface area contributed by atoms with E-state index in [1.807, 2.05) is 0 Å². The number of benzene rings is 1. The molecule has 2 atom stereocenters. The average molecular weight is 393 g/mol. The Labute approximate surface area is 165 Å². The van der Waals surface area contributed by atoms with E-state index < -0.39 is 5.97 Å². The van der Waals surface area contributed by atoms with Crippen LogP contribution in [0.15, 0.2) is 29.2 Å². The summed E-state index contributed by atoms with van der Waals surface area (Å²) in [5.74, 6) is -0.177. The molecular weight excluding hydrogens is 364 g/mol. The minimum Gasteiger partial charge on any atom is -0.452 e. The Kier molecular flexibility index (Phi) is 8.16. The number of carbonyl (C=O) groups is 3. The third kappa shape index (κ3) is 6.57. The number of nitrogens with one attached hydrogen (secondary N) is 1. The zero-order valence-electron chi connectivity index (χ0n) is 16.2. The zero-order chi connectivity index (χ0) is 19.8. The first-order valence-electron chi connectivity index (χ1n) is 9.27. The van der Waals surface area contributed by atoms with Crippen LogP contribution in [0.4, 0.5) is 0 Å². The van der Waals surface area contributed by atoms with E-state index in [-0.39, 0.29) is 30.2 Å². The summed E-state index contributed by atoms with van der Waals surface area (Å²) >= 11 is 1.28. The highest BCUT2D eigenvalue weighted by molar-refractivity contribution is 8.00. The molecule has 2 amide bonds. The number of nitrogens with zero attached hydrogens (tertiary/aromatic N) is 1. The largest absolute Gasteiger partial charge is 0.452 e. The maximum absolute atomic E-state index is 12.4. The minimum absolute atomic E-state index is 0.0378. The Morgan fingerprint density at radius 3 is 2.59 bits per heavy atom. The van der Waals surface area contributed by atoms with Crippen LogP contribution in [-0.4, -0.2) is 55.2 Å². The molecule has 2 rings (SSSR count). The van der Waals surface area contributed by atoms with E-state index in [4.69, 9.17) is 4.74 Å². The first kappa shape index (κ1) is 21.3. The van der Waals surface area contributed by atoms with Gasteiger partial charge in [-0.05, 0) is 30.9 Å². The second-order valence-electron chi connectivity index (χ2n) is 7.08. The van der Waals surface area contributed by atoms with Crippen LogP contribution < -0.4 is 5.32 Å². The summed E-state index contributed by atoms with van der Waals surface area (Å²) in [6.07, 6.45) is 4.40. The second-order valence-corrected chi connectivity index (χ2v) is 8.10. The van der Waals surface area contributed by atoms with Crippen LogP contribution >= 0.6 is 11.8 Å². The van der Waals surface area contributed by atoms with Gasteiger partial charge in [0.15, 0.2) is 6.61 Å². The van der Waals surface area contributed by atoms with Gasteiger partial charge in [0.25, 0.3) is 5.91 Å². The smallest absolute Gasteiger partial charge is 0.339 e. The number of ether oxygens (including phenoxy) is 1. The Hall–Kier alpha value is -2.02. The van der Waals surface area contributed by atoms with Gasteiger partial charge in [0.1, 0.15) is 0 Å². The third-order valence-electron chi connectivity index (χ3n) is 4.75. The van der Waals surface area contributed by atoms with Crippen LogP contribution in [0.1, 0.15) is 43.0 Å². The summed E-state index contributed by atoms with van der Waals surface area (Å²) in [5.41, 5.74) is 0.368. The van der Waals surface area contributed by atoms with E-state index in [2.05, 4.69) is 12.2 Å². The first-order chi connectivity index (χ1) is 12.9. The molecule has 27 heavy (non-hydrogen) atoms. The Morgan fingerprint density at radius 2 is 1.89 bits per heavy atom. The normalized spacial score (nSPS) is 19.2. The number of carbonyl (C=O) groups excluding carboxylic acids is 3. The van der Waals surface area contributed by atoms with Crippen molar-refractivity contribution < 1.29 is 19.1 Å². The lowest BCUT2D eigenvalue weighted by Crippen LogP contribution is -2.42. The predicted molar refractivity (Wildman–Crippen MR) is 106 cm³/mol. The van der Waals surface area contributed by atoms with Gasteiger partial charge in [0.05, 0.1) is 11.3 Å². The average Bonchev–Trinajstić information content (AvgIpc) is 2.66. The number of amides is 2. The molecule has 0 radical (unpaired) electrons. The molecule has 0 heterocycles. The molecule has 1 aromatic carbocycles. The van der Waals surface area contributed by atoms with Crippen LogP contribution in [0, 0.1) is 5.92 Å². The highest BCUT2D eigenvalue weighted by atomic mass is 32.2. The van der Waals surface area contributed by atoms with Crippen molar-refractivity contribution in [3.8, 4) is 0 Å². The summed E-state index contributed by atoms with van der Waals surface area (Å²) < 4.78 is 5.20. The molecule has 1 saturated carbocycles. The van der Waals surface area contributed by atoms with Gasteiger partial charge >= 0.3 is 5.97 Å². The van der Waals surface area contributed by atoms with E-state index in [1.165, 1.54) is 23.1 Å². The fraction of sp³-hybridized carbons (Fsp3) is 0.550. The molecule has 148 valence electrons. The monoisotopic (exact) mass is 392 g/mol. The van der Waals surface area contributed by atoms with Crippen molar-refractivity contribution in [2.24, 2.45) is 5.92 Å².